The van der Waals surface area contributed by atoms with E-state index in [2.05, 4.69) is 17.1 Å². The summed E-state index contributed by atoms with van der Waals surface area (Å²) in [5.74, 6) is 0. The van der Waals surface area contributed by atoms with Gasteiger partial charge in [-0.2, -0.15) is 10.2 Å². The number of aldehydes is 1. The first-order chi connectivity index (χ1) is 10.7. The Morgan fingerprint density at radius 1 is 1.32 bits per heavy atom. The van der Waals surface area contributed by atoms with E-state index < -0.39 is 0 Å². The van der Waals surface area contributed by atoms with Crippen molar-refractivity contribution in [2.75, 3.05) is 13.7 Å². The summed E-state index contributed by atoms with van der Waals surface area (Å²) in [7, 11) is 1.70. The molecule has 0 spiro atoms. The Morgan fingerprint density at radius 3 is 2.95 bits per heavy atom. The van der Waals surface area contributed by atoms with Gasteiger partial charge in [-0.3, -0.25) is 9.48 Å². The molecule has 3 heterocycles. The van der Waals surface area contributed by atoms with Crippen LogP contribution in [0.25, 0.3) is 16.6 Å². The average Bonchev–Trinajstić information content (AvgIpc) is 3.11. The second kappa shape index (κ2) is 6.11. The summed E-state index contributed by atoms with van der Waals surface area (Å²) < 4.78 is 8.76. The van der Waals surface area contributed by atoms with Crippen LogP contribution in [0.15, 0.2) is 30.7 Å². The standard InChI is InChI=1S/C16H18N4O2/c1-12-15(10-18-19(12)5-3-7-22-2)13-4-6-20-16(8-13)14(11-21)9-17-20/h4,6,8-11H,3,5,7H2,1-2H3. The maximum atomic E-state index is 11.1. The van der Waals surface area contributed by atoms with Crippen molar-refractivity contribution in [1.29, 1.82) is 0 Å². The van der Waals surface area contributed by atoms with E-state index in [9.17, 15) is 4.79 Å². The zero-order chi connectivity index (χ0) is 15.5. The van der Waals surface area contributed by atoms with Gasteiger partial charge >= 0.3 is 0 Å². The maximum Gasteiger partial charge on any atom is 0.153 e. The first-order valence-electron chi connectivity index (χ1n) is 7.19. The van der Waals surface area contributed by atoms with Crippen LogP contribution in [0.5, 0.6) is 0 Å². The van der Waals surface area contributed by atoms with Crippen molar-refractivity contribution in [2.24, 2.45) is 0 Å². The van der Waals surface area contributed by atoms with Gasteiger partial charge < -0.3 is 4.74 Å². The predicted molar refractivity (Wildman–Crippen MR) is 83.0 cm³/mol. The highest BCUT2D eigenvalue weighted by molar-refractivity contribution is 5.87. The third kappa shape index (κ3) is 2.53. The Hall–Kier alpha value is -2.47. The number of carbonyl (C=O) groups excluding carboxylic acids is 1. The molecule has 6 nitrogen and oxygen atoms in total. The van der Waals surface area contributed by atoms with Gasteiger partial charge in [-0.15, -0.1) is 0 Å². The van der Waals surface area contributed by atoms with Gasteiger partial charge in [0.1, 0.15) is 0 Å². The van der Waals surface area contributed by atoms with Crippen LogP contribution in [0.4, 0.5) is 0 Å². The molecule has 114 valence electrons. The van der Waals surface area contributed by atoms with E-state index in [1.807, 2.05) is 29.2 Å². The third-order valence-corrected chi connectivity index (χ3v) is 3.81. The van der Waals surface area contributed by atoms with Crippen LogP contribution in [0, 0.1) is 6.92 Å². The summed E-state index contributed by atoms with van der Waals surface area (Å²) in [5, 5.41) is 8.60. The number of carbonyl (C=O) groups is 1. The summed E-state index contributed by atoms with van der Waals surface area (Å²) in [5.41, 5.74) is 4.60. The van der Waals surface area contributed by atoms with Crippen LogP contribution in [-0.2, 0) is 11.3 Å². The molecule has 0 fully saturated rings. The zero-order valence-corrected chi connectivity index (χ0v) is 12.7. The highest BCUT2D eigenvalue weighted by atomic mass is 16.5. The number of ether oxygens (including phenoxy) is 1. The van der Waals surface area contributed by atoms with Gasteiger partial charge in [0.2, 0.25) is 0 Å². The van der Waals surface area contributed by atoms with E-state index in [-0.39, 0.29) is 0 Å². The van der Waals surface area contributed by atoms with Crippen molar-refractivity contribution in [3.63, 3.8) is 0 Å². The molecule has 0 saturated heterocycles. The number of rotatable bonds is 6. The minimum Gasteiger partial charge on any atom is -0.385 e. The Kier molecular flexibility index (Phi) is 4.02. The third-order valence-electron chi connectivity index (χ3n) is 3.81. The molecular formula is C16H18N4O2. The molecule has 22 heavy (non-hydrogen) atoms. The molecule has 0 aliphatic carbocycles. The van der Waals surface area contributed by atoms with Crippen LogP contribution >= 0.6 is 0 Å². The first-order valence-corrected chi connectivity index (χ1v) is 7.19. The van der Waals surface area contributed by atoms with E-state index in [0.717, 1.165) is 48.2 Å². The molecule has 0 bridgehead atoms. The molecule has 0 aromatic carbocycles. The zero-order valence-electron chi connectivity index (χ0n) is 12.7. The van der Waals surface area contributed by atoms with Crippen molar-refractivity contribution < 1.29 is 9.53 Å². The molecule has 0 radical (unpaired) electrons. The highest BCUT2D eigenvalue weighted by Crippen LogP contribution is 2.25. The minimum absolute atomic E-state index is 0.590. The molecule has 6 heteroatoms. The molecule has 0 unspecified atom stereocenters. The Bertz CT molecular complexity index is 804. The van der Waals surface area contributed by atoms with Gasteiger partial charge in [0, 0.05) is 37.7 Å². The van der Waals surface area contributed by atoms with Crippen molar-refractivity contribution in [3.8, 4) is 11.1 Å². The minimum atomic E-state index is 0.590. The van der Waals surface area contributed by atoms with Crippen LogP contribution in [-0.4, -0.2) is 39.4 Å². The lowest BCUT2D eigenvalue weighted by molar-refractivity contribution is 0.112. The molecule has 3 aromatic heterocycles. The van der Waals surface area contributed by atoms with Crippen molar-refractivity contribution in [1.82, 2.24) is 19.4 Å². The SMILES string of the molecule is COCCCn1ncc(-c2ccn3ncc(C=O)c3c2)c1C. The van der Waals surface area contributed by atoms with Gasteiger partial charge in [-0.05, 0) is 31.0 Å². The molecule has 0 saturated carbocycles. The predicted octanol–water partition coefficient (Wildman–Crippen LogP) is 2.36. The molecule has 0 amide bonds. The fraction of sp³-hybridized carbons (Fsp3) is 0.312. The molecule has 3 aromatic rings. The number of fused-ring (bicyclic) bond motifs is 1. The lowest BCUT2D eigenvalue weighted by Crippen LogP contribution is -2.04. The summed E-state index contributed by atoms with van der Waals surface area (Å²) in [4.78, 5) is 11.1. The van der Waals surface area contributed by atoms with Gasteiger partial charge in [-0.1, -0.05) is 0 Å². The summed E-state index contributed by atoms with van der Waals surface area (Å²) in [6, 6.07) is 3.96. The number of aromatic nitrogens is 4. The second-order valence-corrected chi connectivity index (χ2v) is 5.18. The summed E-state index contributed by atoms with van der Waals surface area (Å²) >= 11 is 0. The van der Waals surface area contributed by atoms with Gasteiger partial charge in [0.05, 0.1) is 23.5 Å². The quantitative estimate of drug-likeness (QED) is 0.518. The molecule has 0 aliphatic rings. The number of hydrogen-bond donors (Lipinski definition) is 0. The number of aryl methyl sites for hydroxylation is 1. The lowest BCUT2D eigenvalue weighted by Gasteiger charge is -2.06. The summed E-state index contributed by atoms with van der Waals surface area (Å²) in [6.45, 7) is 3.60. The monoisotopic (exact) mass is 298 g/mol. The molecule has 0 atom stereocenters. The van der Waals surface area contributed by atoms with Gasteiger partial charge in [0.25, 0.3) is 0 Å². The van der Waals surface area contributed by atoms with Crippen LogP contribution in [0.2, 0.25) is 0 Å². The van der Waals surface area contributed by atoms with Crippen LogP contribution in [0.3, 0.4) is 0 Å². The fourth-order valence-electron chi connectivity index (χ4n) is 2.57. The van der Waals surface area contributed by atoms with Gasteiger partial charge in [0.15, 0.2) is 6.29 Å². The Balaban J connectivity index is 1.95. The van der Waals surface area contributed by atoms with Gasteiger partial charge in [-0.25, -0.2) is 4.52 Å². The first kappa shape index (κ1) is 14.5. The van der Waals surface area contributed by atoms with Crippen LogP contribution in [0.1, 0.15) is 22.5 Å². The van der Waals surface area contributed by atoms with E-state index in [4.69, 9.17) is 4.74 Å². The molecule has 0 N–H and O–H groups in total. The van der Waals surface area contributed by atoms with Crippen LogP contribution < -0.4 is 0 Å². The van der Waals surface area contributed by atoms with E-state index >= 15 is 0 Å². The van der Waals surface area contributed by atoms with Crippen molar-refractivity contribution in [3.05, 3.63) is 42.0 Å². The van der Waals surface area contributed by atoms with E-state index in [1.54, 1.807) is 17.8 Å². The topological polar surface area (TPSA) is 61.4 Å². The number of methoxy groups -OCH3 is 1. The summed E-state index contributed by atoms with van der Waals surface area (Å²) in [6.07, 6.45) is 7.06. The van der Waals surface area contributed by atoms with Crippen molar-refractivity contribution >= 4 is 11.8 Å². The highest BCUT2D eigenvalue weighted by Gasteiger charge is 2.11. The molecular weight excluding hydrogens is 280 g/mol. The smallest absolute Gasteiger partial charge is 0.153 e. The lowest BCUT2D eigenvalue weighted by atomic mass is 10.1. The Morgan fingerprint density at radius 2 is 2.18 bits per heavy atom. The average molecular weight is 298 g/mol. The number of hydrogen-bond acceptors (Lipinski definition) is 4. The molecule has 3 rings (SSSR count). The van der Waals surface area contributed by atoms with E-state index in [0.29, 0.717) is 5.56 Å². The Labute approximate surface area is 128 Å². The number of nitrogens with zero attached hydrogens (tertiary/aromatic N) is 4. The van der Waals surface area contributed by atoms with E-state index in [1.165, 1.54) is 0 Å². The maximum absolute atomic E-state index is 11.1. The fourth-order valence-corrected chi connectivity index (χ4v) is 2.57. The molecule has 0 aliphatic heterocycles. The normalized spacial score (nSPS) is 11.2. The second-order valence-electron chi connectivity index (χ2n) is 5.18. The largest absolute Gasteiger partial charge is 0.385 e. The van der Waals surface area contributed by atoms with Crippen molar-refractivity contribution in [2.45, 2.75) is 19.9 Å². The number of pyridine rings is 1.